The molecule has 1 aliphatic heterocycles. The summed E-state index contributed by atoms with van der Waals surface area (Å²) >= 11 is 0. The van der Waals surface area contributed by atoms with Crippen LogP contribution in [0.15, 0.2) is 155 Å². The molecule has 5 nitrogen and oxygen atoms in total. The first-order valence-corrected chi connectivity index (χ1v) is 15.0. The SMILES string of the molecule is c1ccc(C2N=C(c3cc(-n4c5ccccc5c5ccccc54)c4c(c3)oc3ccccc34)NC(c3ccccc3)N2)cc1. The number of hydrogen-bond acceptors (Lipinski definition) is 4. The van der Waals surface area contributed by atoms with Crippen molar-refractivity contribution >= 4 is 49.6 Å². The summed E-state index contributed by atoms with van der Waals surface area (Å²) in [6, 6.07) is 50.8. The fourth-order valence-corrected chi connectivity index (χ4v) is 6.66. The number of para-hydroxylation sites is 3. The molecule has 5 heteroatoms. The lowest BCUT2D eigenvalue weighted by molar-refractivity contribution is 0.409. The molecule has 2 N–H and O–H groups in total. The number of fused-ring (bicyclic) bond motifs is 6. The molecule has 0 saturated heterocycles. The summed E-state index contributed by atoms with van der Waals surface area (Å²) in [4.78, 5) is 5.25. The van der Waals surface area contributed by atoms with Crippen molar-refractivity contribution in [1.82, 2.24) is 15.2 Å². The van der Waals surface area contributed by atoms with Crippen LogP contribution >= 0.6 is 0 Å². The molecule has 0 radical (unpaired) electrons. The van der Waals surface area contributed by atoms with Crippen LogP contribution in [0.5, 0.6) is 0 Å². The topological polar surface area (TPSA) is 54.5 Å². The van der Waals surface area contributed by atoms with Gasteiger partial charge in [-0.2, -0.15) is 0 Å². The summed E-state index contributed by atoms with van der Waals surface area (Å²) in [6.45, 7) is 0. The van der Waals surface area contributed by atoms with Gasteiger partial charge in [0.2, 0.25) is 0 Å². The number of furan rings is 1. The molecule has 0 bridgehead atoms. The van der Waals surface area contributed by atoms with Gasteiger partial charge < -0.3 is 14.3 Å². The lowest BCUT2D eigenvalue weighted by atomic mass is 10.0. The van der Waals surface area contributed by atoms with Gasteiger partial charge in [0.05, 0.1) is 22.1 Å². The van der Waals surface area contributed by atoms with Crippen molar-refractivity contribution in [2.24, 2.45) is 4.99 Å². The van der Waals surface area contributed by atoms with E-state index in [0.717, 1.165) is 61.2 Å². The van der Waals surface area contributed by atoms with E-state index < -0.39 is 0 Å². The Kier molecular flexibility index (Phi) is 5.64. The van der Waals surface area contributed by atoms with E-state index in [9.17, 15) is 0 Å². The highest BCUT2D eigenvalue weighted by Crippen LogP contribution is 2.39. The van der Waals surface area contributed by atoms with Crippen LogP contribution in [0.25, 0.3) is 49.4 Å². The van der Waals surface area contributed by atoms with Crippen LogP contribution < -0.4 is 10.6 Å². The van der Waals surface area contributed by atoms with E-state index in [4.69, 9.17) is 9.41 Å². The van der Waals surface area contributed by atoms with E-state index in [0.29, 0.717) is 0 Å². The number of benzene rings is 6. The van der Waals surface area contributed by atoms with Gasteiger partial charge in [-0.25, -0.2) is 4.99 Å². The highest BCUT2D eigenvalue weighted by molar-refractivity contribution is 6.16. The Balaban J connectivity index is 1.32. The van der Waals surface area contributed by atoms with E-state index >= 15 is 0 Å². The quantitative estimate of drug-likeness (QED) is 0.223. The zero-order chi connectivity index (χ0) is 29.0. The normalized spacial score (nSPS) is 16.9. The third-order valence-electron chi connectivity index (χ3n) is 8.66. The van der Waals surface area contributed by atoms with E-state index in [2.05, 4.69) is 137 Å². The molecule has 0 spiro atoms. The maximum Gasteiger partial charge on any atom is 0.138 e. The molecule has 0 fully saturated rings. The van der Waals surface area contributed by atoms with Gasteiger partial charge in [-0.1, -0.05) is 115 Å². The van der Waals surface area contributed by atoms with Gasteiger partial charge in [0.25, 0.3) is 0 Å². The van der Waals surface area contributed by atoms with Gasteiger partial charge in [-0.15, -0.1) is 0 Å². The van der Waals surface area contributed by atoms with Crippen molar-refractivity contribution in [1.29, 1.82) is 0 Å². The Labute approximate surface area is 254 Å². The number of aromatic nitrogens is 1. The third-order valence-corrected chi connectivity index (χ3v) is 8.66. The zero-order valence-corrected chi connectivity index (χ0v) is 23.8. The Morgan fingerprint density at radius 2 is 1.16 bits per heavy atom. The lowest BCUT2D eigenvalue weighted by Gasteiger charge is -2.32. The van der Waals surface area contributed by atoms with Gasteiger partial charge in [0, 0.05) is 21.7 Å². The maximum atomic E-state index is 6.56. The number of nitrogens with one attached hydrogen (secondary N) is 2. The van der Waals surface area contributed by atoms with E-state index in [1.807, 2.05) is 24.3 Å². The highest BCUT2D eigenvalue weighted by atomic mass is 16.3. The van der Waals surface area contributed by atoms with E-state index in [1.54, 1.807) is 0 Å². The van der Waals surface area contributed by atoms with Crippen molar-refractivity contribution in [3.05, 3.63) is 162 Å². The molecule has 210 valence electrons. The fourth-order valence-electron chi connectivity index (χ4n) is 6.66. The molecule has 1 aliphatic rings. The third kappa shape index (κ3) is 3.94. The summed E-state index contributed by atoms with van der Waals surface area (Å²) in [6.07, 6.45) is -0.349. The van der Waals surface area contributed by atoms with Crippen molar-refractivity contribution < 1.29 is 4.42 Å². The lowest BCUT2D eigenvalue weighted by Crippen LogP contribution is -2.45. The van der Waals surface area contributed by atoms with Gasteiger partial charge in [0.15, 0.2) is 0 Å². The molecule has 44 heavy (non-hydrogen) atoms. The average Bonchev–Trinajstić information content (AvgIpc) is 3.64. The Morgan fingerprint density at radius 1 is 0.568 bits per heavy atom. The number of rotatable bonds is 4. The molecule has 2 aromatic heterocycles. The number of nitrogens with zero attached hydrogens (tertiary/aromatic N) is 2. The minimum Gasteiger partial charge on any atom is -0.456 e. The minimum atomic E-state index is -0.222. The molecule has 0 amide bonds. The van der Waals surface area contributed by atoms with Crippen LogP contribution in [0.3, 0.4) is 0 Å². The monoisotopic (exact) mass is 568 g/mol. The predicted molar refractivity (Wildman–Crippen MR) is 179 cm³/mol. The molecule has 0 aliphatic carbocycles. The van der Waals surface area contributed by atoms with Crippen molar-refractivity contribution in [2.75, 3.05) is 0 Å². The van der Waals surface area contributed by atoms with E-state index in [1.165, 1.54) is 10.8 Å². The standard InChI is InChI=1S/C39H28N4O/c1-3-13-25(14-4-1)37-40-38(26-15-5-2-6-16-26)42-39(41-37)27-23-33(36-30-19-9-12-22-34(30)44-35(36)24-27)43-31-20-10-7-17-28(31)29-18-8-11-21-32(29)43/h1-24,37-38,40H,(H,41,42). The zero-order valence-electron chi connectivity index (χ0n) is 23.8. The first kappa shape index (κ1) is 24.9. The highest BCUT2D eigenvalue weighted by Gasteiger charge is 2.27. The van der Waals surface area contributed by atoms with Gasteiger partial charge in [-0.3, -0.25) is 5.32 Å². The van der Waals surface area contributed by atoms with Gasteiger partial charge in [-0.05, 0) is 41.5 Å². The fraction of sp³-hybridized carbons (Fsp3) is 0.0513. The summed E-state index contributed by atoms with van der Waals surface area (Å²) in [7, 11) is 0. The smallest absolute Gasteiger partial charge is 0.138 e. The summed E-state index contributed by atoms with van der Waals surface area (Å²) in [5, 5.41) is 12.1. The average molecular weight is 569 g/mol. The second-order valence-electron chi connectivity index (χ2n) is 11.3. The molecule has 9 rings (SSSR count). The van der Waals surface area contributed by atoms with Gasteiger partial charge >= 0.3 is 0 Å². The van der Waals surface area contributed by atoms with Crippen LogP contribution in [0, 0.1) is 0 Å². The molecule has 3 heterocycles. The second kappa shape index (κ2) is 9.97. The van der Waals surface area contributed by atoms with Crippen molar-refractivity contribution in [2.45, 2.75) is 12.3 Å². The van der Waals surface area contributed by atoms with Crippen molar-refractivity contribution in [3.8, 4) is 5.69 Å². The molecular weight excluding hydrogens is 540 g/mol. The van der Waals surface area contributed by atoms with E-state index in [-0.39, 0.29) is 12.3 Å². The number of aliphatic imine (C=N–C) groups is 1. The first-order valence-electron chi connectivity index (χ1n) is 15.0. The van der Waals surface area contributed by atoms with Crippen LogP contribution in [-0.2, 0) is 0 Å². The van der Waals surface area contributed by atoms with Crippen LogP contribution in [-0.4, -0.2) is 10.4 Å². The molecule has 2 unspecified atom stereocenters. The summed E-state index contributed by atoms with van der Waals surface area (Å²) in [5.74, 6) is 0.816. The second-order valence-corrected chi connectivity index (χ2v) is 11.3. The predicted octanol–water partition coefficient (Wildman–Crippen LogP) is 9.02. The molecular formula is C39H28N4O. The van der Waals surface area contributed by atoms with Crippen LogP contribution in [0.2, 0.25) is 0 Å². The first-order chi connectivity index (χ1) is 21.8. The number of hydrogen-bond donors (Lipinski definition) is 2. The molecule has 0 saturated carbocycles. The molecule has 6 aromatic carbocycles. The van der Waals surface area contributed by atoms with Crippen LogP contribution in [0.1, 0.15) is 29.0 Å². The van der Waals surface area contributed by atoms with Crippen molar-refractivity contribution in [3.63, 3.8) is 0 Å². The Hall–Kier alpha value is -5.65. The number of amidine groups is 1. The maximum absolute atomic E-state index is 6.56. The van der Waals surface area contributed by atoms with Crippen LogP contribution in [0.4, 0.5) is 0 Å². The molecule has 8 aromatic rings. The Morgan fingerprint density at radius 3 is 1.86 bits per heavy atom. The minimum absolute atomic E-state index is 0.128. The Bertz CT molecular complexity index is 2300. The molecule has 2 atom stereocenters. The summed E-state index contributed by atoms with van der Waals surface area (Å²) < 4.78 is 8.94. The summed E-state index contributed by atoms with van der Waals surface area (Å²) in [5.41, 5.74) is 8.30. The largest absolute Gasteiger partial charge is 0.456 e. The van der Waals surface area contributed by atoms with Gasteiger partial charge in [0.1, 0.15) is 29.3 Å².